The molecule has 0 saturated carbocycles. The van der Waals surface area contributed by atoms with Crippen LogP contribution >= 0.6 is 0 Å². The summed E-state index contributed by atoms with van der Waals surface area (Å²) in [6, 6.07) is 10.5. The first-order chi connectivity index (χ1) is 15.7. The number of alkyl halides is 3. The van der Waals surface area contributed by atoms with E-state index in [1.807, 2.05) is 0 Å². The quantitative estimate of drug-likeness (QED) is 0.441. The van der Waals surface area contributed by atoms with Crippen molar-refractivity contribution in [3.63, 3.8) is 0 Å². The van der Waals surface area contributed by atoms with Crippen molar-refractivity contribution in [1.82, 2.24) is 25.0 Å². The number of carbonyl (C=O) groups excluding carboxylic acids is 1. The van der Waals surface area contributed by atoms with Gasteiger partial charge in [-0.05, 0) is 55.0 Å². The molecule has 2 aromatic heterocycles. The van der Waals surface area contributed by atoms with Gasteiger partial charge in [0.25, 0.3) is 11.8 Å². The summed E-state index contributed by atoms with van der Waals surface area (Å²) in [4.78, 5) is 16.8. The Morgan fingerprint density at radius 3 is 2.61 bits per heavy atom. The van der Waals surface area contributed by atoms with Crippen molar-refractivity contribution >= 4 is 11.6 Å². The molecule has 0 aliphatic heterocycles. The molecule has 0 spiro atoms. The largest absolute Gasteiger partial charge is 0.437 e. The number of halogens is 4. The maximum atomic E-state index is 13.4. The van der Waals surface area contributed by atoms with Crippen LogP contribution in [0.4, 0.5) is 23.2 Å². The predicted molar refractivity (Wildman–Crippen MR) is 108 cm³/mol. The lowest BCUT2D eigenvalue weighted by molar-refractivity contribution is -0.141. The molecule has 0 saturated heterocycles. The molecule has 12 heteroatoms. The molecule has 2 heterocycles. The average Bonchev–Trinajstić information content (AvgIpc) is 3.30. The Bertz CT molecular complexity index is 1310. The third-order valence-electron chi connectivity index (χ3n) is 4.43. The van der Waals surface area contributed by atoms with Crippen molar-refractivity contribution in [3.8, 4) is 17.3 Å². The van der Waals surface area contributed by atoms with Gasteiger partial charge in [0.05, 0.1) is 5.69 Å². The lowest BCUT2D eigenvalue weighted by Crippen LogP contribution is -2.18. The third kappa shape index (κ3) is 4.95. The smallest absolute Gasteiger partial charge is 0.435 e. The summed E-state index contributed by atoms with van der Waals surface area (Å²) >= 11 is 0. The fourth-order valence-corrected chi connectivity index (χ4v) is 2.85. The van der Waals surface area contributed by atoms with Gasteiger partial charge in [-0.15, -0.1) is 10.2 Å². The van der Waals surface area contributed by atoms with Crippen molar-refractivity contribution in [2.24, 2.45) is 0 Å². The second-order valence-electron chi connectivity index (χ2n) is 6.80. The minimum Gasteiger partial charge on any atom is -0.437 e. The summed E-state index contributed by atoms with van der Waals surface area (Å²) < 4.78 is 59.9. The van der Waals surface area contributed by atoms with Gasteiger partial charge in [-0.1, -0.05) is 6.07 Å². The van der Waals surface area contributed by atoms with Crippen LogP contribution in [0.2, 0.25) is 0 Å². The summed E-state index contributed by atoms with van der Waals surface area (Å²) in [5.74, 6) is -1.81. The first kappa shape index (κ1) is 21.9. The molecular formula is C21H14F4N6O2. The van der Waals surface area contributed by atoms with Gasteiger partial charge in [-0.25, -0.2) is 14.1 Å². The van der Waals surface area contributed by atoms with Gasteiger partial charge in [0.1, 0.15) is 29.8 Å². The fraction of sp³-hybridized carbons (Fsp3) is 0.0952. The number of aromatic nitrogens is 5. The lowest BCUT2D eigenvalue weighted by Gasteiger charge is -2.14. The minimum absolute atomic E-state index is 0.104. The van der Waals surface area contributed by atoms with E-state index in [-0.39, 0.29) is 11.4 Å². The number of nitrogens with zero attached hydrogens (tertiary/aromatic N) is 5. The van der Waals surface area contributed by atoms with Gasteiger partial charge >= 0.3 is 6.18 Å². The Balaban J connectivity index is 1.68. The van der Waals surface area contributed by atoms with Crippen molar-refractivity contribution in [3.05, 3.63) is 83.8 Å². The molecule has 0 fully saturated rings. The van der Waals surface area contributed by atoms with E-state index in [0.717, 1.165) is 6.07 Å². The molecule has 2 aromatic carbocycles. The molecule has 1 amide bonds. The number of amides is 1. The summed E-state index contributed by atoms with van der Waals surface area (Å²) in [5, 5.41) is 13.1. The minimum atomic E-state index is -4.83. The normalized spacial score (nSPS) is 11.3. The number of rotatable bonds is 5. The van der Waals surface area contributed by atoms with Gasteiger partial charge in [0.2, 0.25) is 0 Å². The van der Waals surface area contributed by atoms with Crippen LogP contribution in [-0.2, 0) is 6.18 Å². The number of nitrogens with one attached hydrogen (secondary N) is 1. The molecule has 4 rings (SSSR count). The molecule has 0 atom stereocenters. The van der Waals surface area contributed by atoms with Gasteiger partial charge in [0, 0.05) is 5.69 Å². The Hall–Kier alpha value is -4.35. The molecule has 168 valence electrons. The molecule has 0 radical (unpaired) electrons. The lowest BCUT2D eigenvalue weighted by atomic mass is 10.2. The third-order valence-corrected chi connectivity index (χ3v) is 4.43. The SMILES string of the molecule is Cc1cc(F)ccc1Oc1nnc(C(F)(F)F)cc1C(=O)Nc1cccc(-n2cncn2)c1. The second kappa shape index (κ2) is 8.65. The zero-order chi connectivity index (χ0) is 23.6. The summed E-state index contributed by atoms with van der Waals surface area (Å²) in [6.45, 7) is 1.53. The van der Waals surface area contributed by atoms with Crippen LogP contribution in [-0.4, -0.2) is 30.9 Å². The average molecular weight is 458 g/mol. The van der Waals surface area contributed by atoms with Crippen molar-refractivity contribution < 1.29 is 27.1 Å². The molecule has 8 nitrogen and oxygen atoms in total. The molecule has 0 aliphatic rings. The van der Waals surface area contributed by atoms with E-state index in [4.69, 9.17) is 4.74 Å². The molecule has 4 aromatic rings. The number of hydrogen-bond donors (Lipinski definition) is 1. The number of anilines is 1. The molecule has 0 bridgehead atoms. The standard InChI is InChI=1S/C21H14F4N6O2/c1-12-7-13(22)5-6-17(12)33-20-16(9-18(29-30-20)21(23,24)25)19(32)28-14-3-2-4-15(8-14)31-11-26-10-27-31/h2-11H,1H3,(H,28,32). The Morgan fingerprint density at radius 1 is 1.09 bits per heavy atom. The van der Waals surface area contributed by atoms with Gasteiger partial charge < -0.3 is 10.1 Å². The van der Waals surface area contributed by atoms with Gasteiger partial charge in [-0.3, -0.25) is 4.79 Å². The molecule has 33 heavy (non-hydrogen) atoms. The summed E-state index contributed by atoms with van der Waals surface area (Å²) in [6.07, 6.45) is -2.06. The zero-order valence-corrected chi connectivity index (χ0v) is 16.8. The molecule has 0 unspecified atom stereocenters. The Morgan fingerprint density at radius 2 is 1.91 bits per heavy atom. The predicted octanol–water partition coefficient (Wildman–Crippen LogP) is 4.57. The molecule has 0 aliphatic carbocycles. The molecule has 1 N–H and O–H groups in total. The highest BCUT2D eigenvalue weighted by atomic mass is 19.4. The van der Waals surface area contributed by atoms with Crippen LogP contribution in [0.3, 0.4) is 0 Å². The second-order valence-corrected chi connectivity index (χ2v) is 6.80. The number of aryl methyl sites for hydroxylation is 1. The van der Waals surface area contributed by atoms with E-state index in [1.165, 1.54) is 36.4 Å². The van der Waals surface area contributed by atoms with Gasteiger partial charge in [0.15, 0.2) is 5.69 Å². The van der Waals surface area contributed by atoms with Crippen molar-refractivity contribution in [2.75, 3.05) is 5.32 Å². The van der Waals surface area contributed by atoms with Crippen LogP contribution in [0.15, 0.2) is 61.2 Å². The van der Waals surface area contributed by atoms with E-state index in [9.17, 15) is 22.4 Å². The number of carbonyl (C=O) groups is 1. The van der Waals surface area contributed by atoms with Crippen LogP contribution in [0, 0.1) is 12.7 Å². The van der Waals surface area contributed by atoms with Gasteiger partial charge in [-0.2, -0.15) is 18.3 Å². The maximum absolute atomic E-state index is 13.4. The maximum Gasteiger partial charge on any atom is 0.435 e. The van der Waals surface area contributed by atoms with E-state index in [1.54, 1.807) is 24.3 Å². The van der Waals surface area contributed by atoms with E-state index >= 15 is 0 Å². The summed E-state index contributed by atoms with van der Waals surface area (Å²) in [5.41, 5.74) is -0.683. The first-order valence-electron chi connectivity index (χ1n) is 9.36. The highest BCUT2D eigenvalue weighted by Gasteiger charge is 2.35. The number of ether oxygens (including phenoxy) is 1. The Labute approximate surface area is 183 Å². The Kier molecular flexibility index (Phi) is 5.73. The first-order valence-corrected chi connectivity index (χ1v) is 9.36. The van der Waals surface area contributed by atoms with E-state index in [0.29, 0.717) is 17.3 Å². The topological polar surface area (TPSA) is 94.8 Å². The number of hydrogen-bond acceptors (Lipinski definition) is 6. The monoisotopic (exact) mass is 458 g/mol. The van der Waals surface area contributed by atoms with Crippen LogP contribution in [0.5, 0.6) is 11.6 Å². The van der Waals surface area contributed by atoms with E-state index in [2.05, 4.69) is 25.6 Å². The summed E-state index contributed by atoms with van der Waals surface area (Å²) in [7, 11) is 0. The highest BCUT2D eigenvalue weighted by molar-refractivity contribution is 6.06. The van der Waals surface area contributed by atoms with Crippen molar-refractivity contribution in [1.29, 1.82) is 0 Å². The van der Waals surface area contributed by atoms with Crippen LogP contribution in [0.25, 0.3) is 5.69 Å². The number of benzene rings is 2. The van der Waals surface area contributed by atoms with Crippen LogP contribution < -0.4 is 10.1 Å². The fourth-order valence-electron chi connectivity index (χ4n) is 2.85. The van der Waals surface area contributed by atoms with Crippen molar-refractivity contribution in [2.45, 2.75) is 13.1 Å². The molecular weight excluding hydrogens is 444 g/mol. The highest BCUT2D eigenvalue weighted by Crippen LogP contribution is 2.32. The van der Waals surface area contributed by atoms with E-state index < -0.39 is 35.0 Å². The van der Waals surface area contributed by atoms with Crippen LogP contribution in [0.1, 0.15) is 21.6 Å². The zero-order valence-electron chi connectivity index (χ0n) is 16.8.